The highest BCUT2D eigenvalue weighted by atomic mass is 19.3. The molecule has 4 heteroatoms. The molecule has 0 aliphatic rings. The summed E-state index contributed by atoms with van der Waals surface area (Å²) in [5.41, 5.74) is 0. The molecule has 0 saturated carbocycles. The first kappa shape index (κ1) is 9.75. The monoisotopic (exact) mass is 156 g/mol. The van der Waals surface area contributed by atoms with Gasteiger partial charge in [0.2, 0.25) is 0 Å². The van der Waals surface area contributed by atoms with Gasteiger partial charge in [-0.15, -0.1) is 0 Å². The van der Waals surface area contributed by atoms with Crippen LogP contribution in [0.15, 0.2) is 0 Å². The van der Waals surface area contributed by atoms with Gasteiger partial charge in [-0.05, 0) is 6.42 Å². The summed E-state index contributed by atoms with van der Waals surface area (Å²) in [6.07, 6.45) is -3.61. The Kier molecular flexibility index (Phi) is 5.39. The molecule has 0 radical (unpaired) electrons. The number of alkyl halides is 3. The SMILES string of the molecule is CCCOC(CF)C(F)F. The molecule has 0 aliphatic heterocycles. The maximum atomic E-state index is 11.7. The third-order valence-corrected chi connectivity index (χ3v) is 0.969. The molecule has 1 unspecified atom stereocenters. The van der Waals surface area contributed by atoms with Gasteiger partial charge in [0.15, 0.2) is 0 Å². The zero-order valence-electron chi connectivity index (χ0n) is 5.82. The molecule has 0 fully saturated rings. The molecule has 0 rings (SSSR count). The predicted molar refractivity (Wildman–Crippen MR) is 32.0 cm³/mol. The van der Waals surface area contributed by atoms with Crippen molar-refractivity contribution in [2.24, 2.45) is 0 Å². The van der Waals surface area contributed by atoms with Crippen LogP contribution in [0.5, 0.6) is 0 Å². The lowest BCUT2D eigenvalue weighted by Crippen LogP contribution is -2.24. The molecule has 0 saturated heterocycles. The van der Waals surface area contributed by atoms with E-state index in [2.05, 4.69) is 4.74 Å². The molecular weight excluding hydrogens is 145 g/mol. The molecule has 1 nitrogen and oxygen atoms in total. The molecule has 0 N–H and O–H groups in total. The summed E-state index contributed by atoms with van der Waals surface area (Å²) in [5, 5.41) is 0. The normalized spacial score (nSPS) is 14.1. The summed E-state index contributed by atoms with van der Waals surface area (Å²) < 4.78 is 39.4. The predicted octanol–water partition coefficient (Wildman–Crippen LogP) is 2.02. The van der Waals surface area contributed by atoms with Gasteiger partial charge >= 0.3 is 0 Å². The summed E-state index contributed by atoms with van der Waals surface area (Å²) in [6, 6.07) is 0. The number of rotatable bonds is 5. The maximum Gasteiger partial charge on any atom is 0.266 e. The first-order valence-electron chi connectivity index (χ1n) is 3.18. The molecule has 0 amide bonds. The summed E-state index contributed by atoms with van der Waals surface area (Å²) in [5.74, 6) is 0. The molecule has 0 bridgehead atoms. The van der Waals surface area contributed by atoms with Crippen LogP contribution in [-0.4, -0.2) is 25.8 Å². The van der Waals surface area contributed by atoms with E-state index in [-0.39, 0.29) is 6.61 Å². The Labute approximate surface area is 58.2 Å². The quantitative estimate of drug-likeness (QED) is 0.591. The Hall–Kier alpha value is -0.250. The molecule has 0 aromatic carbocycles. The highest BCUT2D eigenvalue weighted by molar-refractivity contribution is 4.57. The highest BCUT2D eigenvalue weighted by Gasteiger charge is 2.19. The van der Waals surface area contributed by atoms with Crippen LogP contribution < -0.4 is 0 Å². The summed E-state index contributed by atoms with van der Waals surface area (Å²) in [7, 11) is 0. The van der Waals surface area contributed by atoms with Crippen LogP contribution in [0.4, 0.5) is 13.2 Å². The molecule has 0 aromatic heterocycles. The van der Waals surface area contributed by atoms with Crippen LogP contribution >= 0.6 is 0 Å². The zero-order valence-corrected chi connectivity index (χ0v) is 5.82. The smallest absolute Gasteiger partial charge is 0.266 e. The Balaban J connectivity index is 3.40. The Bertz CT molecular complexity index is 77.4. The van der Waals surface area contributed by atoms with Gasteiger partial charge in [0.25, 0.3) is 6.43 Å². The molecule has 1 atom stereocenters. The van der Waals surface area contributed by atoms with Crippen molar-refractivity contribution < 1.29 is 17.9 Å². The molecule has 0 aliphatic carbocycles. The standard InChI is InChI=1S/C6H11F3O/c1-2-3-10-5(4-7)6(8)9/h5-6H,2-4H2,1H3. The number of hydrogen-bond donors (Lipinski definition) is 0. The highest BCUT2D eigenvalue weighted by Crippen LogP contribution is 2.06. The fraction of sp³-hybridized carbons (Fsp3) is 1.00. The second-order valence-corrected chi connectivity index (χ2v) is 1.90. The van der Waals surface area contributed by atoms with Crippen molar-refractivity contribution in [3.63, 3.8) is 0 Å². The maximum absolute atomic E-state index is 11.7. The number of hydrogen-bond acceptors (Lipinski definition) is 1. The largest absolute Gasteiger partial charge is 0.370 e. The molecule has 0 heterocycles. The van der Waals surface area contributed by atoms with Crippen LogP contribution in [0.3, 0.4) is 0 Å². The van der Waals surface area contributed by atoms with Crippen LogP contribution in [0.2, 0.25) is 0 Å². The van der Waals surface area contributed by atoms with Gasteiger partial charge in [-0.2, -0.15) is 0 Å². The van der Waals surface area contributed by atoms with Crippen molar-refractivity contribution in [3.8, 4) is 0 Å². The minimum absolute atomic E-state index is 0.193. The van der Waals surface area contributed by atoms with Crippen molar-refractivity contribution in [1.29, 1.82) is 0 Å². The van der Waals surface area contributed by atoms with Gasteiger partial charge in [-0.1, -0.05) is 6.92 Å². The first-order chi connectivity index (χ1) is 4.72. The minimum Gasteiger partial charge on any atom is -0.370 e. The van der Waals surface area contributed by atoms with Gasteiger partial charge in [0, 0.05) is 6.61 Å². The Morgan fingerprint density at radius 3 is 2.30 bits per heavy atom. The van der Waals surface area contributed by atoms with E-state index in [0.29, 0.717) is 6.42 Å². The van der Waals surface area contributed by atoms with E-state index in [4.69, 9.17) is 0 Å². The van der Waals surface area contributed by atoms with E-state index in [0.717, 1.165) is 0 Å². The van der Waals surface area contributed by atoms with Crippen molar-refractivity contribution in [1.82, 2.24) is 0 Å². The van der Waals surface area contributed by atoms with Gasteiger partial charge in [0.1, 0.15) is 12.8 Å². The lowest BCUT2D eigenvalue weighted by atomic mass is 10.4. The summed E-state index contributed by atoms with van der Waals surface area (Å²) >= 11 is 0. The number of halogens is 3. The molecule has 0 spiro atoms. The second-order valence-electron chi connectivity index (χ2n) is 1.90. The van der Waals surface area contributed by atoms with E-state index in [9.17, 15) is 13.2 Å². The van der Waals surface area contributed by atoms with Crippen LogP contribution in [0.1, 0.15) is 13.3 Å². The molecule has 0 aromatic rings. The number of ether oxygens (including phenoxy) is 1. The van der Waals surface area contributed by atoms with Gasteiger partial charge in [-0.3, -0.25) is 0 Å². The zero-order chi connectivity index (χ0) is 7.98. The van der Waals surface area contributed by atoms with Crippen LogP contribution in [0, 0.1) is 0 Å². The third-order valence-electron chi connectivity index (χ3n) is 0.969. The van der Waals surface area contributed by atoms with E-state index in [1.807, 2.05) is 0 Å². The average Bonchev–Trinajstić information content (AvgIpc) is 1.89. The van der Waals surface area contributed by atoms with E-state index in [1.165, 1.54) is 0 Å². The lowest BCUT2D eigenvalue weighted by molar-refractivity contribution is -0.0652. The van der Waals surface area contributed by atoms with Crippen molar-refractivity contribution in [3.05, 3.63) is 0 Å². The fourth-order valence-electron chi connectivity index (χ4n) is 0.454. The Morgan fingerprint density at radius 1 is 1.40 bits per heavy atom. The molecule has 10 heavy (non-hydrogen) atoms. The van der Waals surface area contributed by atoms with Crippen LogP contribution in [-0.2, 0) is 4.74 Å². The fourth-order valence-corrected chi connectivity index (χ4v) is 0.454. The van der Waals surface area contributed by atoms with Crippen molar-refractivity contribution >= 4 is 0 Å². The summed E-state index contributed by atoms with van der Waals surface area (Å²) in [6.45, 7) is 0.858. The lowest BCUT2D eigenvalue weighted by Gasteiger charge is -2.11. The molecule has 62 valence electrons. The van der Waals surface area contributed by atoms with Crippen LogP contribution in [0.25, 0.3) is 0 Å². The van der Waals surface area contributed by atoms with E-state index >= 15 is 0 Å². The van der Waals surface area contributed by atoms with E-state index in [1.54, 1.807) is 6.92 Å². The summed E-state index contributed by atoms with van der Waals surface area (Å²) in [4.78, 5) is 0. The van der Waals surface area contributed by atoms with E-state index < -0.39 is 19.2 Å². The van der Waals surface area contributed by atoms with Gasteiger partial charge in [-0.25, -0.2) is 13.2 Å². The van der Waals surface area contributed by atoms with Gasteiger partial charge in [0.05, 0.1) is 0 Å². The molecular formula is C6H11F3O. The average molecular weight is 156 g/mol. The third kappa shape index (κ3) is 3.71. The van der Waals surface area contributed by atoms with Gasteiger partial charge < -0.3 is 4.74 Å². The first-order valence-corrected chi connectivity index (χ1v) is 3.18. The second kappa shape index (κ2) is 5.53. The Morgan fingerprint density at radius 2 is 2.00 bits per heavy atom. The minimum atomic E-state index is -2.71. The van der Waals surface area contributed by atoms with Crippen molar-refractivity contribution in [2.75, 3.05) is 13.3 Å². The van der Waals surface area contributed by atoms with Crippen molar-refractivity contribution in [2.45, 2.75) is 25.9 Å². The topological polar surface area (TPSA) is 9.23 Å².